The fraction of sp³-hybridized carbons (Fsp3) is 0. The number of nitrogens with zero attached hydrogens (tertiary/aromatic N) is 2. The lowest BCUT2D eigenvalue weighted by Crippen LogP contribution is -2.04. The number of azo groups is 1. The molecule has 0 bridgehead atoms. The lowest BCUT2D eigenvalue weighted by molar-refractivity contribution is 0.482. The highest BCUT2D eigenvalue weighted by atomic mass is 32.1. The molecule has 0 spiro atoms. The van der Waals surface area contributed by atoms with Crippen LogP contribution in [0.4, 0.5) is 15.9 Å². The minimum absolute atomic E-state index is 0.0175. The average molecular weight is 314 g/mol. The summed E-state index contributed by atoms with van der Waals surface area (Å²) in [5.74, 6) is -0.0884. The quantitative estimate of drug-likeness (QED) is 0.482. The largest absolute Gasteiger partial charge is 0.504 e. The highest BCUT2D eigenvalue weighted by Gasteiger charge is 2.09. The van der Waals surface area contributed by atoms with Gasteiger partial charge in [0.05, 0.1) is 5.52 Å². The smallest absolute Gasteiger partial charge is 0.218 e. The van der Waals surface area contributed by atoms with Crippen LogP contribution in [0.25, 0.3) is 10.9 Å². The SMILES string of the molecule is Oc1c(N=NC(=S)Nc2ccc(F)cc2)[nH]c2ccccc12. The van der Waals surface area contributed by atoms with Crippen LogP contribution >= 0.6 is 12.2 Å². The molecule has 0 aliphatic rings. The van der Waals surface area contributed by atoms with Gasteiger partial charge in [0.25, 0.3) is 0 Å². The van der Waals surface area contributed by atoms with Crippen molar-refractivity contribution in [3.05, 3.63) is 54.3 Å². The minimum atomic E-state index is -0.332. The molecule has 0 fully saturated rings. The van der Waals surface area contributed by atoms with Crippen LogP contribution in [0.5, 0.6) is 5.75 Å². The number of hydrogen-bond acceptors (Lipinski definition) is 3. The minimum Gasteiger partial charge on any atom is -0.504 e. The number of nitrogens with one attached hydrogen (secondary N) is 2. The fourth-order valence-electron chi connectivity index (χ4n) is 1.96. The second kappa shape index (κ2) is 5.90. The van der Waals surface area contributed by atoms with Crippen LogP contribution in [0, 0.1) is 5.82 Å². The Labute approximate surface area is 130 Å². The van der Waals surface area contributed by atoms with E-state index in [1.54, 1.807) is 6.07 Å². The van der Waals surface area contributed by atoms with E-state index < -0.39 is 0 Å². The highest BCUT2D eigenvalue weighted by molar-refractivity contribution is 7.80. The molecule has 3 N–H and O–H groups in total. The van der Waals surface area contributed by atoms with Crippen LogP contribution in [0.15, 0.2) is 58.8 Å². The van der Waals surface area contributed by atoms with Gasteiger partial charge in [-0.05, 0) is 48.6 Å². The van der Waals surface area contributed by atoms with Crippen molar-refractivity contribution in [3.8, 4) is 5.75 Å². The van der Waals surface area contributed by atoms with Crippen molar-refractivity contribution in [2.75, 3.05) is 5.32 Å². The van der Waals surface area contributed by atoms with Crippen molar-refractivity contribution in [1.82, 2.24) is 4.98 Å². The number of H-pyrrole nitrogens is 1. The molecule has 0 aliphatic heterocycles. The van der Waals surface area contributed by atoms with Gasteiger partial charge in [-0.25, -0.2) is 4.39 Å². The summed E-state index contributed by atoms with van der Waals surface area (Å²) in [5.41, 5.74) is 1.36. The van der Waals surface area contributed by atoms with Crippen LogP contribution in [-0.2, 0) is 0 Å². The van der Waals surface area contributed by atoms with Crippen LogP contribution in [0.1, 0.15) is 0 Å². The third-order valence-corrected chi connectivity index (χ3v) is 3.18. The number of hydrogen-bond donors (Lipinski definition) is 3. The molecule has 0 aliphatic carbocycles. The number of para-hydroxylation sites is 1. The van der Waals surface area contributed by atoms with Gasteiger partial charge in [-0.2, -0.15) is 0 Å². The predicted molar refractivity (Wildman–Crippen MR) is 87.1 cm³/mol. The van der Waals surface area contributed by atoms with Gasteiger partial charge in [0.1, 0.15) is 5.82 Å². The summed E-state index contributed by atoms with van der Waals surface area (Å²) in [6, 6.07) is 13.0. The van der Waals surface area contributed by atoms with E-state index in [0.717, 1.165) is 5.52 Å². The van der Waals surface area contributed by atoms with E-state index in [1.807, 2.05) is 18.2 Å². The van der Waals surface area contributed by atoms with Gasteiger partial charge < -0.3 is 15.4 Å². The number of halogens is 1. The predicted octanol–water partition coefficient (Wildman–Crippen LogP) is 4.49. The van der Waals surface area contributed by atoms with E-state index in [0.29, 0.717) is 11.1 Å². The maximum Gasteiger partial charge on any atom is 0.218 e. The first-order valence-corrected chi connectivity index (χ1v) is 6.82. The van der Waals surface area contributed by atoms with Crippen molar-refractivity contribution in [2.24, 2.45) is 10.2 Å². The Hall–Kier alpha value is -2.80. The number of rotatable bonds is 2. The van der Waals surface area contributed by atoms with E-state index in [1.165, 1.54) is 24.3 Å². The summed E-state index contributed by atoms with van der Waals surface area (Å²) in [5, 5.41) is 21.3. The van der Waals surface area contributed by atoms with E-state index in [9.17, 15) is 9.50 Å². The summed E-state index contributed by atoms with van der Waals surface area (Å²) in [6.07, 6.45) is 0. The van der Waals surface area contributed by atoms with Crippen molar-refractivity contribution in [1.29, 1.82) is 0 Å². The van der Waals surface area contributed by atoms with Crippen molar-refractivity contribution in [3.63, 3.8) is 0 Å². The summed E-state index contributed by atoms with van der Waals surface area (Å²) in [4.78, 5) is 2.94. The molecule has 3 rings (SSSR count). The molecule has 7 heteroatoms. The molecule has 110 valence electrons. The van der Waals surface area contributed by atoms with Crippen molar-refractivity contribution >= 4 is 39.7 Å². The summed E-state index contributed by atoms with van der Waals surface area (Å²) in [6.45, 7) is 0. The van der Waals surface area contributed by atoms with Crippen LogP contribution in [-0.4, -0.2) is 15.2 Å². The van der Waals surface area contributed by atoms with Gasteiger partial charge in [-0.1, -0.05) is 12.1 Å². The summed E-state index contributed by atoms with van der Waals surface area (Å²) >= 11 is 5.03. The first-order valence-electron chi connectivity index (χ1n) is 6.41. The fourth-order valence-corrected chi connectivity index (χ4v) is 2.12. The third kappa shape index (κ3) is 2.94. The lowest BCUT2D eigenvalue weighted by atomic mass is 10.2. The third-order valence-electron chi connectivity index (χ3n) is 3.00. The zero-order valence-corrected chi connectivity index (χ0v) is 12.1. The second-order valence-electron chi connectivity index (χ2n) is 4.50. The van der Waals surface area contributed by atoms with Crippen molar-refractivity contribution < 1.29 is 9.50 Å². The molecule has 3 aromatic rings. The Kier molecular flexibility index (Phi) is 3.80. The van der Waals surface area contributed by atoms with Crippen LogP contribution in [0.3, 0.4) is 0 Å². The zero-order valence-electron chi connectivity index (χ0n) is 11.2. The maximum atomic E-state index is 12.8. The molecule has 2 aromatic carbocycles. The summed E-state index contributed by atoms with van der Waals surface area (Å²) in [7, 11) is 0. The number of fused-ring (bicyclic) bond motifs is 1. The molecule has 0 unspecified atom stereocenters. The van der Waals surface area contributed by atoms with Gasteiger partial charge in [-0.15, -0.1) is 10.2 Å². The topological polar surface area (TPSA) is 72.8 Å². The average Bonchev–Trinajstić information content (AvgIpc) is 2.84. The highest BCUT2D eigenvalue weighted by Crippen LogP contribution is 2.34. The monoisotopic (exact) mass is 314 g/mol. The zero-order chi connectivity index (χ0) is 15.5. The van der Waals surface area contributed by atoms with E-state index >= 15 is 0 Å². The molecule has 0 amide bonds. The van der Waals surface area contributed by atoms with E-state index in [-0.39, 0.29) is 22.5 Å². The first kappa shape index (κ1) is 14.2. The Morgan fingerprint density at radius 3 is 2.59 bits per heavy atom. The maximum absolute atomic E-state index is 12.8. The molecule has 0 radical (unpaired) electrons. The molecular weight excluding hydrogens is 303 g/mol. The Balaban J connectivity index is 1.76. The Morgan fingerprint density at radius 1 is 1.14 bits per heavy atom. The summed E-state index contributed by atoms with van der Waals surface area (Å²) < 4.78 is 12.8. The van der Waals surface area contributed by atoms with E-state index in [4.69, 9.17) is 12.2 Å². The van der Waals surface area contributed by atoms with E-state index in [2.05, 4.69) is 20.5 Å². The van der Waals surface area contributed by atoms with Gasteiger partial charge in [0.2, 0.25) is 5.11 Å². The van der Waals surface area contributed by atoms with Crippen LogP contribution in [0.2, 0.25) is 0 Å². The number of aromatic nitrogens is 1. The number of aromatic hydroxyl groups is 1. The van der Waals surface area contributed by atoms with Crippen LogP contribution < -0.4 is 5.32 Å². The first-order chi connectivity index (χ1) is 10.6. The molecule has 1 aromatic heterocycles. The lowest BCUT2D eigenvalue weighted by Gasteiger charge is -2.01. The molecule has 0 atom stereocenters. The molecule has 0 saturated heterocycles. The Bertz CT molecular complexity index is 858. The van der Waals surface area contributed by atoms with Gasteiger partial charge in [-0.3, -0.25) is 0 Å². The number of thiocarbonyl (C=S) groups is 1. The standard InChI is InChI=1S/C15H11FN4OS/c16-9-5-7-10(8-6-9)17-15(22)20-19-14-13(21)11-3-1-2-4-12(11)18-14/h1-8,18,21H,(H,17,22). The molecule has 0 saturated carbocycles. The van der Waals surface area contributed by atoms with Gasteiger partial charge >= 0.3 is 0 Å². The molecule has 1 heterocycles. The van der Waals surface area contributed by atoms with Gasteiger partial charge in [0.15, 0.2) is 11.6 Å². The number of aromatic amines is 1. The Morgan fingerprint density at radius 2 is 1.86 bits per heavy atom. The molecule has 5 nitrogen and oxygen atoms in total. The normalized spacial score (nSPS) is 11.1. The van der Waals surface area contributed by atoms with Crippen molar-refractivity contribution in [2.45, 2.75) is 0 Å². The number of anilines is 1. The molecular formula is C15H11FN4OS. The van der Waals surface area contributed by atoms with Gasteiger partial charge in [0, 0.05) is 11.1 Å². The number of benzene rings is 2. The second-order valence-corrected chi connectivity index (χ2v) is 4.89. The molecule has 22 heavy (non-hydrogen) atoms.